The summed E-state index contributed by atoms with van der Waals surface area (Å²) in [6, 6.07) is 10.3. The number of aryl methyl sites for hydroxylation is 1. The van der Waals surface area contributed by atoms with E-state index in [9.17, 15) is 0 Å². The number of pyridine rings is 1. The number of fused-ring (bicyclic) bond motifs is 1. The monoisotopic (exact) mass is 258 g/mol. The molecule has 3 rings (SSSR count). The van der Waals surface area contributed by atoms with Crippen LogP contribution < -0.4 is 5.32 Å². The number of nitrogens with one attached hydrogen (secondary N) is 1. The van der Waals surface area contributed by atoms with Gasteiger partial charge in [0.05, 0.1) is 6.04 Å². The Hall–Kier alpha value is -1.88. The maximum Gasteiger partial charge on any atom is 0.243 e. The number of hydrogen-bond acceptors (Lipinski definition) is 4. The second kappa shape index (κ2) is 4.42. The van der Waals surface area contributed by atoms with E-state index in [2.05, 4.69) is 41.4 Å². The van der Waals surface area contributed by atoms with E-state index in [1.54, 1.807) is 15.9 Å². The molecule has 1 unspecified atom stereocenters. The molecule has 0 aliphatic heterocycles. The maximum atomic E-state index is 4.43. The highest BCUT2D eigenvalue weighted by Crippen LogP contribution is 2.24. The van der Waals surface area contributed by atoms with Crippen molar-refractivity contribution in [3.8, 4) is 0 Å². The van der Waals surface area contributed by atoms with E-state index < -0.39 is 0 Å². The maximum absolute atomic E-state index is 4.43. The average molecular weight is 258 g/mol. The molecule has 1 N–H and O–H groups in total. The SMILES string of the molecule is Cc1ccc(C(C)Nc2nc3ccccn3n2)s1. The van der Waals surface area contributed by atoms with Crippen LogP contribution in [0.1, 0.15) is 22.7 Å². The topological polar surface area (TPSA) is 42.2 Å². The molecule has 5 heteroatoms. The number of nitrogens with zero attached hydrogens (tertiary/aromatic N) is 3. The Labute approximate surface area is 109 Å². The van der Waals surface area contributed by atoms with Gasteiger partial charge < -0.3 is 5.32 Å². The van der Waals surface area contributed by atoms with Gasteiger partial charge in [-0.15, -0.1) is 16.4 Å². The summed E-state index contributed by atoms with van der Waals surface area (Å²) in [6.07, 6.45) is 1.90. The number of aromatic nitrogens is 3. The molecule has 0 aromatic carbocycles. The minimum Gasteiger partial charge on any atom is -0.346 e. The first-order valence-electron chi connectivity index (χ1n) is 5.86. The number of anilines is 1. The van der Waals surface area contributed by atoms with E-state index >= 15 is 0 Å². The summed E-state index contributed by atoms with van der Waals surface area (Å²) >= 11 is 1.80. The van der Waals surface area contributed by atoms with Gasteiger partial charge in [0.15, 0.2) is 5.65 Å². The van der Waals surface area contributed by atoms with Crippen molar-refractivity contribution in [2.45, 2.75) is 19.9 Å². The predicted octanol–water partition coefficient (Wildman–Crippen LogP) is 3.27. The molecule has 18 heavy (non-hydrogen) atoms. The fourth-order valence-electron chi connectivity index (χ4n) is 1.84. The second-order valence-corrected chi connectivity index (χ2v) is 5.57. The van der Waals surface area contributed by atoms with Crippen molar-refractivity contribution in [1.82, 2.24) is 14.6 Å². The predicted molar refractivity (Wildman–Crippen MR) is 74.1 cm³/mol. The molecule has 1 atom stereocenters. The zero-order chi connectivity index (χ0) is 12.5. The van der Waals surface area contributed by atoms with Crippen LogP contribution in [0, 0.1) is 6.92 Å². The molecule has 3 aromatic rings. The van der Waals surface area contributed by atoms with Crippen LogP contribution >= 0.6 is 11.3 Å². The highest BCUT2D eigenvalue weighted by atomic mass is 32.1. The lowest BCUT2D eigenvalue weighted by Gasteiger charge is -2.09. The standard InChI is InChI=1S/C13H14N4S/c1-9-6-7-11(18-9)10(2)14-13-15-12-5-3-4-8-17(12)16-13/h3-8,10H,1-2H3,(H,14,16). The number of hydrogen-bond donors (Lipinski definition) is 1. The van der Waals surface area contributed by atoms with Crippen molar-refractivity contribution in [2.75, 3.05) is 5.32 Å². The molecule has 0 amide bonds. The van der Waals surface area contributed by atoms with E-state index in [4.69, 9.17) is 0 Å². The Morgan fingerprint density at radius 1 is 1.28 bits per heavy atom. The van der Waals surface area contributed by atoms with Crippen LogP contribution in [0.15, 0.2) is 36.5 Å². The summed E-state index contributed by atoms with van der Waals surface area (Å²) < 4.78 is 1.77. The first-order valence-corrected chi connectivity index (χ1v) is 6.68. The molecule has 0 saturated carbocycles. The van der Waals surface area contributed by atoms with E-state index in [0.29, 0.717) is 5.95 Å². The Bertz CT molecular complexity index is 637. The Morgan fingerprint density at radius 2 is 2.17 bits per heavy atom. The average Bonchev–Trinajstić information content (AvgIpc) is 2.94. The van der Waals surface area contributed by atoms with Crippen LogP contribution in [-0.4, -0.2) is 14.6 Å². The van der Waals surface area contributed by atoms with Crippen LogP contribution in [-0.2, 0) is 0 Å². The Kier molecular flexibility index (Phi) is 2.76. The summed E-state index contributed by atoms with van der Waals surface area (Å²) in [7, 11) is 0. The minimum absolute atomic E-state index is 0.223. The van der Waals surface area contributed by atoms with Gasteiger partial charge in [-0.05, 0) is 38.1 Å². The van der Waals surface area contributed by atoms with E-state index in [1.807, 2.05) is 24.4 Å². The fraction of sp³-hybridized carbons (Fsp3) is 0.231. The molecule has 0 fully saturated rings. The third-order valence-corrected chi connectivity index (χ3v) is 3.96. The normalized spacial score (nSPS) is 12.8. The van der Waals surface area contributed by atoms with Gasteiger partial charge in [0.2, 0.25) is 5.95 Å². The van der Waals surface area contributed by atoms with Crippen molar-refractivity contribution in [3.63, 3.8) is 0 Å². The molecule has 3 aromatic heterocycles. The first kappa shape index (κ1) is 11.2. The van der Waals surface area contributed by atoms with E-state index in [0.717, 1.165) is 5.65 Å². The van der Waals surface area contributed by atoms with Crippen molar-refractivity contribution in [3.05, 3.63) is 46.3 Å². The third-order valence-electron chi connectivity index (χ3n) is 2.77. The van der Waals surface area contributed by atoms with Crippen LogP contribution in [0.25, 0.3) is 5.65 Å². The summed E-state index contributed by atoms with van der Waals surface area (Å²) in [6.45, 7) is 4.24. The Balaban J connectivity index is 1.83. The van der Waals surface area contributed by atoms with Gasteiger partial charge in [-0.3, -0.25) is 0 Å². The lowest BCUT2D eigenvalue weighted by molar-refractivity contribution is 0.869. The smallest absolute Gasteiger partial charge is 0.243 e. The fourth-order valence-corrected chi connectivity index (χ4v) is 2.72. The molecule has 0 bridgehead atoms. The molecule has 0 aliphatic carbocycles. The second-order valence-electron chi connectivity index (χ2n) is 4.25. The first-order chi connectivity index (χ1) is 8.72. The quantitative estimate of drug-likeness (QED) is 0.784. The largest absolute Gasteiger partial charge is 0.346 e. The van der Waals surface area contributed by atoms with Gasteiger partial charge in [0.1, 0.15) is 0 Å². The van der Waals surface area contributed by atoms with Crippen molar-refractivity contribution in [1.29, 1.82) is 0 Å². The van der Waals surface area contributed by atoms with Gasteiger partial charge in [-0.25, -0.2) is 4.52 Å². The van der Waals surface area contributed by atoms with Crippen LogP contribution in [0.5, 0.6) is 0 Å². The zero-order valence-corrected chi connectivity index (χ0v) is 11.1. The lowest BCUT2D eigenvalue weighted by Crippen LogP contribution is -2.06. The van der Waals surface area contributed by atoms with Gasteiger partial charge >= 0.3 is 0 Å². The summed E-state index contributed by atoms with van der Waals surface area (Å²) in [4.78, 5) is 7.05. The van der Waals surface area contributed by atoms with Crippen molar-refractivity contribution >= 4 is 22.9 Å². The molecule has 0 spiro atoms. The molecule has 4 nitrogen and oxygen atoms in total. The molecule has 0 radical (unpaired) electrons. The van der Waals surface area contributed by atoms with Gasteiger partial charge in [0.25, 0.3) is 0 Å². The summed E-state index contributed by atoms with van der Waals surface area (Å²) in [5, 5.41) is 7.71. The summed E-state index contributed by atoms with van der Waals surface area (Å²) in [5.41, 5.74) is 0.856. The van der Waals surface area contributed by atoms with E-state index in [1.165, 1.54) is 9.75 Å². The molecular formula is C13H14N4S. The zero-order valence-electron chi connectivity index (χ0n) is 10.3. The lowest BCUT2D eigenvalue weighted by atomic mass is 10.3. The summed E-state index contributed by atoms with van der Waals surface area (Å²) in [5.74, 6) is 0.666. The van der Waals surface area contributed by atoms with Crippen LogP contribution in [0.4, 0.5) is 5.95 Å². The molecule has 0 saturated heterocycles. The van der Waals surface area contributed by atoms with E-state index in [-0.39, 0.29) is 6.04 Å². The van der Waals surface area contributed by atoms with Gasteiger partial charge in [-0.1, -0.05) is 6.07 Å². The van der Waals surface area contributed by atoms with Crippen molar-refractivity contribution < 1.29 is 0 Å². The van der Waals surface area contributed by atoms with Gasteiger partial charge in [-0.2, -0.15) is 4.98 Å². The number of thiophene rings is 1. The highest BCUT2D eigenvalue weighted by Gasteiger charge is 2.10. The molecule has 3 heterocycles. The highest BCUT2D eigenvalue weighted by molar-refractivity contribution is 7.12. The number of rotatable bonds is 3. The molecular weight excluding hydrogens is 244 g/mol. The van der Waals surface area contributed by atoms with Crippen LogP contribution in [0.2, 0.25) is 0 Å². The van der Waals surface area contributed by atoms with Crippen LogP contribution in [0.3, 0.4) is 0 Å². The van der Waals surface area contributed by atoms with Crippen molar-refractivity contribution in [2.24, 2.45) is 0 Å². The molecule has 0 aliphatic rings. The van der Waals surface area contributed by atoms with Gasteiger partial charge in [0, 0.05) is 16.0 Å². The third kappa shape index (κ3) is 2.09. The molecule has 92 valence electrons. The minimum atomic E-state index is 0.223. The Morgan fingerprint density at radius 3 is 2.89 bits per heavy atom.